The van der Waals surface area contributed by atoms with E-state index in [0.717, 1.165) is 11.4 Å². The molecule has 0 atom stereocenters. The van der Waals surface area contributed by atoms with E-state index in [2.05, 4.69) is 55.8 Å². The number of aryl methyl sites for hydroxylation is 1. The number of nitrogens with one attached hydrogen (secondary N) is 1. The second kappa shape index (κ2) is 7.07. The van der Waals surface area contributed by atoms with Gasteiger partial charge in [0.25, 0.3) is 11.7 Å². The number of carbonyl (C=O) groups is 1. The molecule has 0 bridgehead atoms. The lowest BCUT2D eigenvalue weighted by Gasteiger charge is -2.09. The molecule has 8 nitrogen and oxygen atoms in total. The van der Waals surface area contributed by atoms with Crippen LogP contribution in [0.25, 0.3) is 16.6 Å². The molecule has 0 fully saturated rings. The van der Waals surface area contributed by atoms with E-state index in [9.17, 15) is 4.79 Å². The quantitative estimate of drug-likeness (QED) is 0.502. The summed E-state index contributed by atoms with van der Waals surface area (Å²) >= 11 is 0. The van der Waals surface area contributed by atoms with Crippen LogP contribution in [0.3, 0.4) is 0 Å². The average Bonchev–Trinajstić information content (AvgIpc) is 3.31. The number of carbonyl (C=O) groups excluding carboxylic acids is 1. The fourth-order valence-corrected chi connectivity index (χ4v) is 3.62. The molecule has 3 aromatic heterocycles. The summed E-state index contributed by atoms with van der Waals surface area (Å²) in [4.78, 5) is 21.0. The summed E-state index contributed by atoms with van der Waals surface area (Å²) in [7, 11) is 0. The highest BCUT2D eigenvalue weighted by Crippen LogP contribution is 2.24. The Morgan fingerprint density at radius 2 is 1.87 bits per heavy atom. The van der Waals surface area contributed by atoms with Crippen molar-refractivity contribution in [3.05, 3.63) is 83.7 Å². The van der Waals surface area contributed by atoms with E-state index in [1.165, 1.54) is 20.9 Å². The molecule has 0 unspecified atom stereocenters. The van der Waals surface area contributed by atoms with Gasteiger partial charge in [-0.1, -0.05) is 42.5 Å². The van der Waals surface area contributed by atoms with E-state index in [4.69, 9.17) is 0 Å². The molecule has 0 aliphatic rings. The Bertz CT molecular complexity index is 1360. The van der Waals surface area contributed by atoms with Crippen LogP contribution in [0, 0.1) is 13.8 Å². The molecular formula is C22H19N7O. The van der Waals surface area contributed by atoms with Crippen LogP contribution in [0.5, 0.6) is 0 Å². The molecule has 30 heavy (non-hydrogen) atoms. The second-order valence-electron chi connectivity index (χ2n) is 7.10. The molecule has 0 aliphatic carbocycles. The first-order chi connectivity index (χ1) is 14.6. The Kier molecular flexibility index (Phi) is 4.24. The van der Waals surface area contributed by atoms with Crippen LogP contribution in [-0.4, -0.2) is 35.3 Å². The monoisotopic (exact) mass is 397 g/mol. The van der Waals surface area contributed by atoms with Crippen LogP contribution in [0.4, 0.5) is 5.69 Å². The molecule has 0 aliphatic heterocycles. The normalized spacial score (nSPS) is 11.3. The number of fused-ring (bicyclic) bond motifs is 2. The molecule has 2 aromatic carbocycles. The zero-order valence-electron chi connectivity index (χ0n) is 16.6. The molecule has 0 saturated heterocycles. The molecule has 3 heterocycles. The molecule has 5 rings (SSSR count). The van der Waals surface area contributed by atoms with Crippen LogP contribution in [0.2, 0.25) is 0 Å². The summed E-state index contributed by atoms with van der Waals surface area (Å²) in [6.45, 7) is 4.43. The highest BCUT2D eigenvalue weighted by molar-refractivity contribution is 6.02. The van der Waals surface area contributed by atoms with Crippen LogP contribution in [0.1, 0.15) is 27.6 Å². The molecule has 0 spiro atoms. The number of hydrogen-bond donors (Lipinski definition) is 1. The van der Waals surface area contributed by atoms with Crippen LogP contribution in [0.15, 0.2) is 60.9 Å². The average molecular weight is 397 g/mol. The lowest BCUT2D eigenvalue weighted by molar-refractivity contribution is 0.101. The Labute approximate surface area is 172 Å². The largest absolute Gasteiger partial charge is 0.316 e. The van der Waals surface area contributed by atoms with Gasteiger partial charge in [0.15, 0.2) is 0 Å². The van der Waals surface area contributed by atoms with Gasteiger partial charge in [-0.15, -0.1) is 5.10 Å². The van der Waals surface area contributed by atoms with E-state index in [1.807, 2.05) is 30.7 Å². The third kappa shape index (κ3) is 3.08. The van der Waals surface area contributed by atoms with Gasteiger partial charge >= 0.3 is 0 Å². The van der Waals surface area contributed by atoms with Gasteiger partial charge in [-0.3, -0.25) is 9.48 Å². The first-order valence-corrected chi connectivity index (χ1v) is 9.59. The highest BCUT2D eigenvalue weighted by Gasteiger charge is 2.19. The summed E-state index contributed by atoms with van der Waals surface area (Å²) in [5.74, 6) is 0.0495. The first-order valence-electron chi connectivity index (χ1n) is 9.59. The lowest BCUT2D eigenvalue weighted by atomic mass is 10.0. The van der Waals surface area contributed by atoms with Crippen molar-refractivity contribution >= 4 is 28.1 Å². The van der Waals surface area contributed by atoms with Crippen molar-refractivity contribution in [3.63, 3.8) is 0 Å². The zero-order chi connectivity index (χ0) is 20.7. The van der Waals surface area contributed by atoms with E-state index in [-0.39, 0.29) is 5.82 Å². The molecule has 0 saturated carbocycles. The van der Waals surface area contributed by atoms with Crippen molar-refractivity contribution in [1.29, 1.82) is 0 Å². The Hall–Kier alpha value is -4.07. The van der Waals surface area contributed by atoms with Crippen molar-refractivity contribution in [1.82, 2.24) is 29.4 Å². The van der Waals surface area contributed by atoms with Gasteiger partial charge in [-0.05, 0) is 36.2 Å². The lowest BCUT2D eigenvalue weighted by Crippen LogP contribution is -2.15. The minimum atomic E-state index is -0.392. The molecule has 148 valence electrons. The van der Waals surface area contributed by atoms with E-state index < -0.39 is 5.91 Å². The zero-order valence-corrected chi connectivity index (χ0v) is 16.6. The van der Waals surface area contributed by atoms with Crippen molar-refractivity contribution < 1.29 is 4.79 Å². The Morgan fingerprint density at radius 3 is 2.73 bits per heavy atom. The van der Waals surface area contributed by atoms with Crippen molar-refractivity contribution in [2.45, 2.75) is 20.4 Å². The van der Waals surface area contributed by atoms with Gasteiger partial charge in [0, 0.05) is 12.4 Å². The fourth-order valence-electron chi connectivity index (χ4n) is 3.62. The maximum atomic E-state index is 12.7. The minimum absolute atomic E-state index is 0.0642. The number of hydrogen-bond acceptors (Lipinski definition) is 5. The van der Waals surface area contributed by atoms with Gasteiger partial charge in [0.05, 0.1) is 23.6 Å². The molecule has 5 aromatic rings. The molecule has 0 radical (unpaired) electrons. The van der Waals surface area contributed by atoms with Crippen LogP contribution >= 0.6 is 0 Å². The standard InChI is InChI=1S/C22H19N7O/c1-14-19(24-21(30)20-25-22-23-11-6-12-28(22)27-20)15(2)29(26-14)13-17-9-5-8-16-7-3-4-10-18(16)17/h3-12H,13H2,1-2H3,(H,24,30). The summed E-state index contributed by atoms with van der Waals surface area (Å²) in [6, 6.07) is 16.3. The maximum absolute atomic E-state index is 12.7. The number of benzene rings is 2. The van der Waals surface area contributed by atoms with E-state index in [1.54, 1.807) is 18.5 Å². The third-order valence-corrected chi connectivity index (χ3v) is 5.14. The van der Waals surface area contributed by atoms with Gasteiger partial charge in [0.2, 0.25) is 5.82 Å². The fraction of sp³-hybridized carbons (Fsp3) is 0.136. The summed E-state index contributed by atoms with van der Waals surface area (Å²) < 4.78 is 3.38. The molecule has 8 heteroatoms. The first kappa shape index (κ1) is 18.0. The topological polar surface area (TPSA) is 90.0 Å². The number of anilines is 1. The Balaban J connectivity index is 1.44. The molecule has 1 amide bonds. The number of aromatic nitrogens is 6. The van der Waals surface area contributed by atoms with E-state index in [0.29, 0.717) is 18.0 Å². The number of rotatable bonds is 4. The van der Waals surface area contributed by atoms with Gasteiger partial charge in [0.1, 0.15) is 0 Å². The predicted molar refractivity (Wildman–Crippen MR) is 113 cm³/mol. The van der Waals surface area contributed by atoms with E-state index >= 15 is 0 Å². The van der Waals surface area contributed by atoms with Gasteiger partial charge in [-0.25, -0.2) is 9.50 Å². The van der Waals surface area contributed by atoms with Crippen molar-refractivity contribution in [2.24, 2.45) is 0 Å². The molecular weight excluding hydrogens is 378 g/mol. The molecule has 1 N–H and O–H groups in total. The van der Waals surface area contributed by atoms with Crippen molar-refractivity contribution in [2.75, 3.05) is 5.32 Å². The summed E-state index contributed by atoms with van der Waals surface area (Å²) in [5.41, 5.74) is 3.45. The minimum Gasteiger partial charge on any atom is -0.316 e. The van der Waals surface area contributed by atoms with Crippen molar-refractivity contribution in [3.8, 4) is 0 Å². The van der Waals surface area contributed by atoms with Gasteiger partial charge in [-0.2, -0.15) is 10.1 Å². The number of nitrogens with zero attached hydrogens (tertiary/aromatic N) is 6. The van der Waals surface area contributed by atoms with Gasteiger partial charge < -0.3 is 5.32 Å². The summed E-state index contributed by atoms with van der Waals surface area (Å²) in [6.07, 6.45) is 3.31. The van der Waals surface area contributed by atoms with Crippen LogP contribution < -0.4 is 5.32 Å². The number of amides is 1. The predicted octanol–water partition coefficient (Wildman–Crippen LogP) is 3.39. The summed E-state index contributed by atoms with van der Waals surface area (Å²) in [5, 5.41) is 14.1. The SMILES string of the molecule is Cc1nn(Cc2cccc3ccccc23)c(C)c1NC(=O)c1nc2ncccn2n1. The van der Waals surface area contributed by atoms with Crippen LogP contribution in [-0.2, 0) is 6.54 Å². The maximum Gasteiger partial charge on any atom is 0.295 e. The highest BCUT2D eigenvalue weighted by atomic mass is 16.2. The second-order valence-corrected chi connectivity index (χ2v) is 7.10. The Morgan fingerprint density at radius 1 is 1.03 bits per heavy atom. The smallest absolute Gasteiger partial charge is 0.295 e. The third-order valence-electron chi connectivity index (χ3n) is 5.14.